The third-order valence-electron chi connectivity index (χ3n) is 5.76. The summed E-state index contributed by atoms with van der Waals surface area (Å²) in [5, 5.41) is 24.3. The number of carbonyl (C=O) groups excluding carboxylic acids is 1. The molecule has 2 aliphatic rings. The second-order valence-corrected chi connectivity index (χ2v) is 7.82. The lowest BCUT2D eigenvalue weighted by atomic mass is 9.95. The van der Waals surface area contributed by atoms with Crippen molar-refractivity contribution in [3.8, 4) is 0 Å². The molecule has 2 aliphatic heterocycles. The Hall–Kier alpha value is -2.21. The Morgan fingerprint density at radius 1 is 1.26 bits per heavy atom. The third-order valence-corrected chi connectivity index (χ3v) is 5.76. The molecule has 27 heavy (non-hydrogen) atoms. The minimum atomic E-state index is -0.568. The number of carbonyl (C=O) groups is 1. The standard InChI is InChI=1S/C21H30N4O2/c1-15(26)10-21(27)24-7-4-16(5-8-24)14-25-9-6-18-11-17(2-3-20(18)25)19(12-22)13-23/h2-3,11-13,15-16,19,22-23,26H,4-10,14H2,1H3. The summed E-state index contributed by atoms with van der Waals surface area (Å²) in [6, 6.07) is 6.32. The molecule has 0 saturated carbocycles. The molecule has 3 rings (SSSR count). The van der Waals surface area contributed by atoms with Gasteiger partial charge in [0.25, 0.3) is 0 Å². The van der Waals surface area contributed by atoms with Crippen LogP contribution in [0.4, 0.5) is 5.69 Å². The van der Waals surface area contributed by atoms with Gasteiger partial charge in [0.2, 0.25) is 5.91 Å². The van der Waals surface area contributed by atoms with Gasteiger partial charge in [0.1, 0.15) is 0 Å². The van der Waals surface area contributed by atoms with Crippen LogP contribution in [0.5, 0.6) is 0 Å². The Morgan fingerprint density at radius 2 is 1.96 bits per heavy atom. The second kappa shape index (κ2) is 8.65. The normalized spacial score (nSPS) is 19.5. The minimum absolute atomic E-state index is 0.0643. The predicted octanol–water partition coefficient (Wildman–Crippen LogP) is 2.44. The molecule has 0 radical (unpaired) electrons. The van der Waals surface area contributed by atoms with E-state index in [9.17, 15) is 9.90 Å². The molecule has 0 spiro atoms. The van der Waals surface area contributed by atoms with Crippen molar-refractivity contribution in [1.82, 2.24) is 4.90 Å². The zero-order valence-electron chi connectivity index (χ0n) is 16.0. The van der Waals surface area contributed by atoms with E-state index in [1.807, 2.05) is 11.0 Å². The highest BCUT2D eigenvalue weighted by atomic mass is 16.3. The molecule has 0 bridgehead atoms. The summed E-state index contributed by atoms with van der Waals surface area (Å²) < 4.78 is 0. The van der Waals surface area contributed by atoms with Gasteiger partial charge in [-0.3, -0.25) is 4.79 Å². The van der Waals surface area contributed by atoms with E-state index in [4.69, 9.17) is 10.8 Å². The zero-order chi connectivity index (χ0) is 19.4. The van der Waals surface area contributed by atoms with Crippen molar-refractivity contribution < 1.29 is 9.90 Å². The highest BCUT2D eigenvalue weighted by Crippen LogP contribution is 2.32. The summed E-state index contributed by atoms with van der Waals surface area (Å²) in [5.74, 6) is 0.421. The van der Waals surface area contributed by atoms with Crippen molar-refractivity contribution >= 4 is 24.0 Å². The molecule has 0 aliphatic carbocycles. The van der Waals surface area contributed by atoms with Gasteiger partial charge >= 0.3 is 0 Å². The average Bonchev–Trinajstić information content (AvgIpc) is 3.05. The van der Waals surface area contributed by atoms with Crippen LogP contribution in [-0.2, 0) is 11.2 Å². The number of benzene rings is 1. The Bertz CT molecular complexity index is 687. The van der Waals surface area contributed by atoms with E-state index in [2.05, 4.69) is 17.0 Å². The van der Waals surface area contributed by atoms with Crippen LogP contribution in [0.25, 0.3) is 0 Å². The van der Waals surface area contributed by atoms with E-state index < -0.39 is 6.10 Å². The number of anilines is 1. The predicted molar refractivity (Wildman–Crippen MR) is 108 cm³/mol. The molecule has 1 atom stereocenters. The summed E-state index contributed by atoms with van der Waals surface area (Å²) in [6.45, 7) is 5.27. The lowest BCUT2D eigenvalue weighted by Crippen LogP contribution is -2.42. The fourth-order valence-corrected chi connectivity index (χ4v) is 4.19. The van der Waals surface area contributed by atoms with Gasteiger partial charge in [-0.25, -0.2) is 0 Å². The van der Waals surface area contributed by atoms with E-state index in [0.717, 1.165) is 51.0 Å². The van der Waals surface area contributed by atoms with Crippen LogP contribution in [0.2, 0.25) is 0 Å². The second-order valence-electron chi connectivity index (χ2n) is 7.82. The molecular formula is C21H30N4O2. The number of hydrogen-bond acceptors (Lipinski definition) is 5. The number of amides is 1. The van der Waals surface area contributed by atoms with Gasteiger partial charge in [0, 0.05) is 44.3 Å². The molecule has 3 N–H and O–H groups in total. The number of fused-ring (bicyclic) bond motifs is 1. The molecule has 0 aromatic heterocycles. The lowest BCUT2D eigenvalue weighted by molar-refractivity contribution is -0.134. The van der Waals surface area contributed by atoms with E-state index in [0.29, 0.717) is 5.92 Å². The van der Waals surface area contributed by atoms with Crippen molar-refractivity contribution in [3.05, 3.63) is 29.3 Å². The van der Waals surface area contributed by atoms with E-state index >= 15 is 0 Å². The van der Waals surface area contributed by atoms with E-state index in [-0.39, 0.29) is 18.2 Å². The third kappa shape index (κ3) is 4.56. The number of likely N-dealkylation sites (tertiary alicyclic amines) is 1. The Labute approximate surface area is 161 Å². The molecule has 6 nitrogen and oxygen atoms in total. The topological polar surface area (TPSA) is 91.5 Å². The summed E-state index contributed by atoms with van der Waals surface area (Å²) in [7, 11) is 0. The first-order valence-corrected chi connectivity index (χ1v) is 9.86. The van der Waals surface area contributed by atoms with Crippen LogP contribution in [0.1, 0.15) is 43.2 Å². The molecule has 1 unspecified atom stereocenters. The van der Waals surface area contributed by atoms with Crippen LogP contribution in [-0.4, -0.2) is 60.6 Å². The minimum Gasteiger partial charge on any atom is -0.393 e. The number of rotatable bonds is 7. The molecule has 1 aromatic carbocycles. The van der Waals surface area contributed by atoms with Crippen LogP contribution in [0.15, 0.2) is 18.2 Å². The van der Waals surface area contributed by atoms with Gasteiger partial charge in [0.15, 0.2) is 0 Å². The lowest BCUT2D eigenvalue weighted by Gasteiger charge is -2.35. The first-order chi connectivity index (χ1) is 13.0. The van der Waals surface area contributed by atoms with Gasteiger partial charge in [-0.05, 0) is 49.3 Å². The number of aliphatic hydroxyl groups is 1. The number of hydrogen-bond donors (Lipinski definition) is 3. The number of nitrogens with one attached hydrogen (secondary N) is 2. The highest BCUT2D eigenvalue weighted by Gasteiger charge is 2.27. The number of aliphatic hydroxyl groups excluding tert-OH is 1. The zero-order valence-corrected chi connectivity index (χ0v) is 16.0. The quantitative estimate of drug-likeness (QED) is 0.644. The van der Waals surface area contributed by atoms with Crippen LogP contribution >= 0.6 is 0 Å². The van der Waals surface area contributed by atoms with Crippen LogP contribution in [0.3, 0.4) is 0 Å². The summed E-state index contributed by atoms with van der Waals surface area (Å²) >= 11 is 0. The summed E-state index contributed by atoms with van der Waals surface area (Å²) in [4.78, 5) is 16.4. The summed E-state index contributed by atoms with van der Waals surface area (Å²) in [6.07, 6.45) is 5.32. The molecular weight excluding hydrogens is 340 g/mol. The molecule has 2 heterocycles. The van der Waals surface area contributed by atoms with Crippen molar-refractivity contribution in [2.45, 2.75) is 44.6 Å². The fraction of sp³-hybridized carbons (Fsp3) is 0.571. The van der Waals surface area contributed by atoms with Crippen molar-refractivity contribution in [3.63, 3.8) is 0 Å². The monoisotopic (exact) mass is 370 g/mol. The molecule has 1 saturated heterocycles. The SMILES string of the molecule is CC(O)CC(=O)N1CCC(CN2CCc3cc(C(C=N)C=N)ccc32)CC1. The molecule has 1 aromatic rings. The van der Waals surface area contributed by atoms with Crippen LogP contribution < -0.4 is 4.90 Å². The van der Waals surface area contributed by atoms with Gasteiger partial charge in [0.05, 0.1) is 18.4 Å². The van der Waals surface area contributed by atoms with Crippen molar-refractivity contribution in [1.29, 1.82) is 10.8 Å². The fourth-order valence-electron chi connectivity index (χ4n) is 4.19. The number of piperidine rings is 1. The first kappa shape index (κ1) is 19.5. The first-order valence-electron chi connectivity index (χ1n) is 9.86. The maximum absolute atomic E-state index is 12.1. The van der Waals surface area contributed by atoms with E-state index in [1.54, 1.807) is 6.92 Å². The largest absolute Gasteiger partial charge is 0.393 e. The molecule has 1 fully saturated rings. The van der Waals surface area contributed by atoms with Crippen molar-refractivity contribution in [2.24, 2.45) is 5.92 Å². The van der Waals surface area contributed by atoms with Gasteiger partial charge in [-0.2, -0.15) is 0 Å². The van der Waals surface area contributed by atoms with Crippen LogP contribution in [0, 0.1) is 16.7 Å². The Kier molecular flexibility index (Phi) is 6.26. The smallest absolute Gasteiger partial charge is 0.225 e. The van der Waals surface area contributed by atoms with Gasteiger partial charge < -0.3 is 25.7 Å². The van der Waals surface area contributed by atoms with E-state index in [1.165, 1.54) is 23.7 Å². The average molecular weight is 370 g/mol. The molecule has 6 heteroatoms. The van der Waals surface area contributed by atoms with Gasteiger partial charge in [-0.15, -0.1) is 0 Å². The maximum Gasteiger partial charge on any atom is 0.225 e. The highest BCUT2D eigenvalue weighted by molar-refractivity contribution is 5.88. The Morgan fingerprint density at radius 3 is 2.59 bits per heavy atom. The van der Waals surface area contributed by atoms with Gasteiger partial charge in [-0.1, -0.05) is 12.1 Å². The maximum atomic E-state index is 12.1. The molecule has 1 amide bonds. The van der Waals surface area contributed by atoms with Crippen molar-refractivity contribution in [2.75, 3.05) is 31.1 Å². The number of nitrogens with zero attached hydrogens (tertiary/aromatic N) is 2. The Balaban J connectivity index is 1.56. The molecule has 146 valence electrons. The summed E-state index contributed by atoms with van der Waals surface area (Å²) in [5.41, 5.74) is 3.61.